The molecule has 0 saturated carbocycles. The zero-order valence-corrected chi connectivity index (χ0v) is 18.5. The van der Waals surface area contributed by atoms with E-state index in [0.717, 1.165) is 29.9 Å². The summed E-state index contributed by atoms with van der Waals surface area (Å²) < 4.78 is 20.4. The van der Waals surface area contributed by atoms with Crippen molar-refractivity contribution in [3.63, 3.8) is 0 Å². The summed E-state index contributed by atoms with van der Waals surface area (Å²) in [5, 5.41) is 4.70. The van der Waals surface area contributed by atoms with Crippen LogP contribution < -0.4 is 5.46 Å². The van der Waals surface area contributed by atoms with Crippen LogP contribution in [0, 0.1) is 6.92 Å². The van der Waals surface area contributed by atoms with Crippen LogP contribution >= 0.6 is 0 Å². The minimum absolute atomic E-state index is 0.342. The second kappa shape index (κ2) is 7.18. The summed E-state index contributed by atoms with van der Waals surface area (Å²) in [6.45, 7) is 20.9. The van der Waals surface area contributed by atoms with Gasteiger partial charge in [0.15, 0.2) is 0 Å². The third kappa shape index (κ3) is 4.56. The molecule has 0 aliphatic carbocycles. The van der Waals surface area contributed by atoms with Gasteiger partial charge < -0.3 is 14.0 Å². The molecule has 0 amide bonds. The Morgan fingerprint density at radius 3 is 2.16 bits per heavy atom. The highest BCUT2D eigenvalue weighted by atomic mass is 28.3. The van der Waals surface area contributed by atoms with Gasteiger partial charge >= 0.3 is 7.12 Å². The summed E-state index contributed by atoms with van der Waals surface area (Å²) in [6, 6.07) is 1.17. The van der Waals surface area contributed by atoms with Gasteiger partial charge in [-0.05, 0) is 47.1 Å². The Morgan fingerprint density at radius 1 is 1.12 bits per heavy atom. The molecule has 1 aromatic rings. The molecule has 7 heteroatoms. The molecule has 0 unspecified atom stereocenters. The van der Waals surface area contributed by atoms with E-state index < -0.39 is 8.07 Å². The van der Waals surface area contributed by atoms with Gasteiger partial charge in [-0.1, -0.05) is 26.6 Å². The van der Waals surface area contributed by atoms with Crippen LogP contribution in [0.3, 0.4) is 0 Å². The average Bonchev–Trinajstić information content (AvgIpc) is 2.87. The first-order chi connectivity index (χ1) is 11.4. The highest BCUT2D eigenvalue weighted by molar-refractivity contribution is 6.76. The summed E-state index contributed by atoms with van der Waals surface area (Å²) in [7, 11) is -1.44. The summed E-state index contributed by atoms with van der Waals surface area (Å²) in [4.78, 5) is 0. The van der Waals surface area contributed by atoms with Gasteiger partial charge in [-0.3, -0.25) is 0 Å². The van der Waals surface area contributed by atoms with Gasteiger partial charge in [0.05, 0.1) is 16.9 Å². The monoisotopic (exact) mass is 366 g/mol. The highest BCUT2D eigenvalue weighted by Gasteiger charge is 2.53. The van der Waals surface area contributed by atoms with E-state index in [1.165, 1.54) is 6.04 Å². The second-order valence-corrected chi connectivity index (χ2v) is 14.9. The molecule has 2 heterocycles. The lowest BCUT2D eigenvalue weighted by Crippen LogP contribution is -2.41. The van der Waals surface area contributed by atoms with E-state index in [4.69, 9.17) is 19.1 Å². The zero-order valence-electron chi connectivity index (χ0n) is 17.5. The Morgan fingerprint density at radius 2 is 1.68 bits per heavy atom. The summed E-state index contributed by atoms with van der Waals surface area (Å²) in [6.07, 6.45) is 0.873. The minimum Gasteiger partial charge on any atom is -0.399 e. The van der Waals surface area contributed by atoms with Crippen LogP contribution in [0.25, 0.3) is 0 Å². The van der Waals surface area contributed by atoms with E-state index in [9.17, 15) is 0 Å². The van der Waals surface area contributed by atoms with E-state index in [-0.39, 0.29) is 18.3 Å². The molecule has 142 valence electrons. The lowest BCUT2D eigenvalue weighted by Gasteiger charge is -2.32. The van der Waals surface area contributed by atoms with Crippen LogP contribution in [0.5, 0.6) is 0 Å². The first-order valence-electron chi connectivity index (χ1n) is 9.37. The van der Waals surface area contributed by atoms with E-state index in [1.54, 1.807) is 0 Å². The first kappa shape index (κ1) is 20.7. The Labute approximate surface area is 154 Å². The largest absolute Gasteiger partial charge is 0.498 e. The second-order valence-electron chi connectivity index (χ2n) is 9.24. The maximum Gasteiger partial charge on any atom is 0.498 e. The van der Waals surface area contributed by atoms with Gasteiger partial charge in [-0.15, -0.1) is 0 Å². The van der Waals surface area contributed by atoms with Crippen LogP contribution in [0.1, 0.15) is 46.0 Å². The molecule has 1 aliphatic rings. The van der Waals surface area contributed by atoms with Gasteiger partial charge in [-0.2, -0.15) is 5.10 Å². The molecule has 1 aliphatic heterocycles. The van der Waals surface area contributed by atoms with Crippen LogP contribution in [-0.2, 0) is 27.2 Å². The van der Waals surface area contributed by atoms with Crippen molar-refractivity contribution < 1.29 is 14.0 Å². The number of hydrogen-bond acceptors (Lipinski definition) is 4. The molecular weight excluding hydrogens is 331 g/mol. The highest BCUT2D eigenvalue weighted by Crippen LogP contribution is 2.37. The van der Waals surface area contributed by atoms with Gasteiger partial charge in [0.2, 0.25) is 0 Å². The maximum absolute atomic E-state index is 6.25. The number of hydrogen-bond donors (Lipinski definition) is 0. The fraction of sp³-hybridized carbons (Fsp3) is 0.833. The Balaban J connectivity index is 2.14. The molecule has 2 rings (SSSR count). The lowest BCUT2D eigenvalue weighted by atomic mass is 9.76. The number of aryl methyl sites for hydroxylation is 1. The molecular formula is C18H35BN2O3Si. The van der Waals surface area contributed by atoms with E-state index >= 15 is 0 Å². The molecule has 1 aromatic heterocycles. The Hall–Kier alpha value is -0.628. The fourth-order valence-electron chi connectivity index (χ4n) is 2.92. The van der Waals surface area contributed by atoms with Crippen molar-refractivity contribution in [1.82, 2.24) is 9.78 Å². The molecule has 25 heavy (non-hydrogen) atoms. The number of ether oxygens (including phenoxy) is 1. The number of rotatable bonds is 7. The SMILES string of the molecule is CCc1c(B2OC(C)(C)C(C)(C)O2)c(C)nn1COCC[Si](C)(C)C. The zero-order chi connectivity index (χ0) is 19.0. The van der Waals surface area contributed by atoms with Crippen LogP contribution in [0.4, 0.5) is 0 Å². The van der Waals surface area contributed by atoms with Crippen LogP contribution in [0.2, 0.25) is 25.7 Å². The lowest BCUT2D eigenvalue weighted by molar-refractivity contribution is 0.00578. The maximum atomic E-state index is 6.25. The standard InChI is InChI=1S/C18H35BN2O3Si/c1-10-15-16(19-23-17(3,4)18(5,6)24-19)14(2)20-21(15)13-22-11-12-25(7,8)9/h10-13H2,1-9H3. The van der Waals surface area contributed by atoms with Crippen molar-refractivity contribution in [2.45, 2.75) is 91.6 Å². The number of aromatic nitrogens is 2. The van der Waals surface area contributed by atoms with Crippen molar-refractivity contribution in [2.75, 3.05) is 6.61 Å². The van der Waals surface area contributed by atoms with E-state index in [1.807, 2.05) is 11.6 Å². The molecule has 0 N–H and O–H groups in total. The Kier molecular flexibility index (Phi) is 5.94. The van der Waals surface area contributed by atoms with Gasteiger partial charge in [0.25, 0.3) is 0 Å². The van der Waals surface area contributed by atoms with Crippen molar-refractivity contribution in [1.29, 1.82) is 0 Å². The molecule has 5 nitrogen and oxygen atoms in total. The van der Waals surface area contributed by atoms with E-state index in [0.29, 0.717) is 6.73 Å². The molecule has 0 bridgehead atoms. The van der Waals surface area contributed by atoms with Gasteiger partial charge in [0.1, 0.15) is 6.73 Å². The topological polar surface area (TPSA) is 45.5 Å². The van der Waals surface area contributed by atoms with Crippen molar-refractivity contribution in [3.05, 3.63) is 11.4 Å². The normalized spacial score (nSPS) is 19.6. The fourth-order valence-corrected chi connectivity index (χ4v) is 3.68. The minimum atomic E-state index is -1.07. The van der Waals surface area contributed by atoms with Crippen molar-refractivity contribution in [3.8, 4) is 0 Å². The Bertz CT molecular complexity index is 592. The van der Waals surface area contributed by atoms with Gasteiger partial charge in [0, 0.05) is 25.8 Å². The molecule has 1 fully saturated rings. The predicted molar refractivity (Wildman–Crippen MR) is 106 cm³/mol. The average molecular weight is 366 g/mol. The van der Waals surface area contributed by atoms with Crippen LogP contribution in [0.15, 0.2) is 0 Å². The predicted octanol–water partition coefficient (Wildman–Crippen LogP) is 3.37. The molecule has 0 spiro atoms. The van der Waals surface area contributed by atoms with Gasteiger partial charge in [-0.25, -0.2) is 4.68 Å². The molecule has 0 aromatic carbocycles. The smallest absolute Gasteiger partial charge is 0.399 e. The number of nitrogens with zero attached hydrogens (tertiary/aromatic N) is 2. The van der Waals surface area contributed by atoms with Crippen molar-refractivity contribution in [2.24, 2.45) is 0 Å². The van der Waals surface area contributed by atoms with Crippen molar-refractivity contribution >= 4 is 20.7 Å². The molecule has 1 saturated heterocycles. The molecule has 0 atom stereocenters. The van der Waals surface area contributed by atoms with E-state index in [2.05, 4.69) is 54.3 Å². The summed E-state index contributed by atoms with van der Waals surface area (Å²) in [5.74, 6) is 0. The third-order valence-corrected chi connectivity index (χ3v) is 7.02. The van der Waals surface area contributed by atoms with Crippen LogP contribution in [-0.4, -0.2) is 42.8 Å². The molecule has 0 radical (unpaired) electrons. The first-order valence-corrected chi connectivity index (χ1v) is 13.1. The quantitative estimate of drug-likeness (QED) is 0.548. The summed E-state index contributed by atoms with van der Waals surface area (Å²) >= 11 is 0. The third-order valence-electron chi connectivity index (χ3n) is 5.32. The summed E-state index contributed by atoms with van der Waals surface area (Å²) in [5.41, 5.74) is 2.49.